The molecule has 1 aromatic carbocycles. The van der Waals surface area contributed by atoms with Crippen molar-refractivity contribution in [3.63, 3.8) is 0 Å². The summed E-state index contributed by atoms with van der Waals surface area (Å²) in [6, 6.07) is 5.31. The van der Waals surface area contributed by atoms with Gasteiger partial charge in [-0.05, 0) is 25.0 Å². The lowest BCUT2D eigenvalue weighted by Crippen LogP contribution is -2.47. The number of para-hydroxylation sites is 1. The van der Waals surface area contributed by atoms with Gasteiger partial charge in [-0.15, -0.1) is 0 Å². The van der Waals surface area contributed by atoms with Gasteiger partial charge in [-0.25, -0.2) is 0 Å². The summed E-state index contributed by atoms with van der Waals surface area (Å²) in [6.07, 6.45) is 3.02. The van der Waals surface area contributed by atoms with Gasteiger partial charge in [-0.3, -0.25) is 9.59 Å². The van der Waals surface area contributed by atoms with Gasteiger partial charge in [0.25, 0.3) is 5.91 Å². The normalized spacial score (nSPS) is 17.1. The highest BCUT2D eigenvalue weighted by molar-refractivity contribution is 6.00. The van der Waals surface area contributed by atoms with Gasteiger partial charge in [0, 0.05) is 24.8 Å². The monoisotopic (exact) mass is 347 g/mol. The highest BCUT2D eigenvalue weighted by atomic mass is 16.5. The molecular formula is C18H21NO6. The topological polar surface area (TPSA) is 85.3 Å². The van der Waals surface area contributed by atoms with Gasteiger partial charge in [0.05, 0.1) is 12.7 Å². The highest BCUT2D eigenvalue weighted by Gasteiger charge is 2.31. The maximum Gasteiger partial charge on any atom is 0.323 e. The third-order valence-electron chi connectivity index (χ3n) is 4.40. The fourth-order valence-electron chi connectivity index (χ4n) is 3.16. The summed E-state index contributed by atoms with van der Waals surface area (Å²) >= 11 is 0. The molecular weight excluding hydrogens is 326 g/mol. The fraction of sp³-hybridized carbons (Fsp3) is 0.444. The van der Waals surface area contributed by atoms with Crippen molar-refractivity contribution in [1.29, 1.82) is 0 Å². The van der Waals surface area contributed by atoms with Crippen molar-refractivity contribution in [3.05, 3.63) is 29.3 Å². The molecule has 0 radical (unpaired) electrons. The molecule has 1 N–H and O–H groups in total. The number of fused-ring (bicyclic) bond motifs is 1. The fourth-order valence-corrected chi connectivity index (χ4v) is 3.16. The lowest BCUT2D eigenvalue weighted by atomic mass is 10.0. The van der Waals surface area contributed by atoms with E-state index < -0.39 is 5.97 Å². The third kappa shape index (κ3) is 3.76. The molecule has 0 bridgehead atoms. The van der Waals surface area contributed by atoms with E-state index in [-0.39, 0.29) is 25.1 Å². The van der Waals surface area contributed by atoms with Crippen molar-refractivity contribution in [2.75, 3.05) is 33.5 Å². The zero-order valence-corrected chi connectivity index (χ0v) is 14.1. The zero-order chi connectivity index (χ0) is 17.8. The zero-order valence-electron chi connectivity index (χ0n) is 14.1. The number of nitrogens with zero attached hydrogens (tertiary/aromatic N) is 1. The van der Waals surface area contributed by atoms with Crippen molar-refractivity contribution < 1.29 is 28.9 Å². The Balaban J connectivity index is 1.86. The molecule has 1 amide bonds. The molecule has 2 aliphatic heterocycles. The minimum Gasteiger partial charge on any atom is -0.493 e. The summed E-state index contributed by atoms with van der Waals surface area (Å²) < 4.78 is 16.3. The molecule has 0 saturated carbocycles. The number of amides is 1. The first-order chi connectivity index (χ1) is 12.1. The van der Waals surface area contributed by atoms with Crippen molar-refractivity contribution in [2.24, 2.45) is 0 Å². The molecule has 2 aliphatic rings. The Kier molecular flexibility index (Phi) is 5.23. The molecule has 1 fully saturated rings. The maximum atomic E-state index is 12.9. The number of methoxy groups -OCH3 is 1. The molecule has 134 valence electrons. The van der Waals surface area contributed by atoms with Gasteiger partial charge in [0.15, 0.2) is 11.5 Å². The minimum absolute atomic E-state index is 0.0888. The summed E-state index contributed by atoms with van der Waals surface area (Å²) in [4.78, 5) is 25.6. The molecule has 0 spiro atoms. The van der Waals surface area contributed by atoms with Crippen LogP contribution in [0.3, 0.4) is 0 Å². The van der Waals surface area contributed by atoms with Crippen LogP contribution in [-0.2, 0) is 14.3 Å². The van der Waals surface area contributed by atoms with Crippen LogP contribution in [0.4, 0.5) is 0 Å². The number of carboxylic acid groups (broad SMARTS) is 1. The van der Waals surface area contributed by atoms with Crippen molar-refractivity contribution >= 4 is 18.0 Å². The quantitative estimate of drug-likeness (QED) is 0.870. The molecule has 25 heavy (non-hydrogen) atoms. The summed E-state index contributed by atoms with van der Waals surface area (Å²) in [6.45, 7) is 0.824. The summed E-state index contributed by atoms with van der Waals surface area (Å²) in [5, 5.41) is 9.20. The molecule has 1 saturated heterocycles. The lowest BCUT2D eigenvalue weighted by molar-refractivity contribution is -0.146. The van der Waals surface area contributed by atoms with Crippen LogP contribution < -0.4 is 9.47 Å². The lowest BCUT2D eigenvalue weighted by Gasteiger charge is -2.34. The largest absolute Gasteiger partial charge is 0.493 e. The molecule has 7 heteroatoms. The van der Waals surface area contributed by atoms with E-state index in [1.165, 1.54) is 4.90 Å². The minimum atomic E-state index is -1.03. The third-order valence-corrected chi connectivity index (χ3v) is 4.40. The van der Waals surface area contributed by atoms with Crippen LogP contribution in [0.5, 0.6) is 11.5 Å². The van der Waals surface area contributed by atoms with Crippen molar-refractivity contribution in [1.82, 2.24) is 4.90 Å². The number of aliphatic carboxylic acids is 1. The molecule has 1 aromatic rings. The SMILES string of the molecule is COc1cccc2c1OCC(C(=O)N(CC(=O)O)C1CCOCC1)=C2. The number of ether oxygens (including phenoxy) is 3. The molecule has 7 nitrogen and oxygen atoms in total. The second-order valence-electron chi connectivity index (χ2n) is 6.01. The Morgan fingerprint density at radius 1 is 1.32 bits per heavy atom. The molecule has 0 aliphatic carbocycles. The van der Waals surface area contributed by atoms with E-state index in [2.05, 4.69) is 0 Å². The van der Waals surface area contributed by atoms with Gasteiger partial charge >= 0.3 is 5.97 Å². The van der Waals surface area contributed by atoms with Gasteiger partial charge in [-0.1, -0.05) is 12.1 Å². The van der Waals surface area contributed by atoms with E-state index in [4.69, 9.17) is 14.2 Å². The highest BCUT2D eigenvalue weighted by Crippen LogP contribution is 2.36. The van der Waals surface area contributed by atoms with E-state index in [1.54, 1.807) is 19.3 Å². The number of carbonyl (C=O) groups is 2. The van der Waals surface area contributed by atoms with Crippen LogP contribution >= 0.6 is 0 Å². The van der Waals surface area contributed by atoms with Crippen molar-refractivity contribution in [2.45, 2.75) is 18.9 Å². The standard InChI is InChI=1S/C18H21NO6/c1-23-15-4-2-3-12-9-13(11-25-17(12)15)18(22)19(10-16(20)21)14-5-7-24-8-6-14/h2-4,9,14H,5-8,10-11H2,1H3,(H,20,21). The predicted molar refractivity (Wildman–Crippen MR) is 89.7 cm³/mol. The smallest absolute Gasteiger partial charge is 0.323 e. The molecule has 0 unspecified atom stereocenters. The maximum absolute atomic E-state index is 12.9. The van der Waals surface area contributed by atoms with E-state index >= 15 is 0 Å². The predicted octanol–water partition coefficient (Wildman–Crippen LogP) is 1.56. The number of hydrogen-bond donors (Lipinski definition) is 1. The molecule has 0 aromatic heterocycles. The van der Waals surface area contributed by atoms with Crippen LogP contribution in [0.2, 0.25) is 0 Å². The first kappa shape index (κ1) is 17.3. The Morgan fingerprint density at radius 3 is 2.76 bits per heavy atom. The number of hydrogen-bond acceptors (Lipinski definition) is 5. The van der Waals surface area contributed by atoms with E-state index in [0.717, 1.165) is 5.56 Å². The number of benzene rings is 1. The van der Waals surface area contributed by atoms with Crippen LogP contribution in [-0.4, -0.2) is 61.4 Å². The number of carbonyl (C=O) groups excluding carboxylic acids is 1. The van der Waals surface area contributed by atoms with Crippen LogP contribution in [0.1, 0.15) is 18.4 Å². The molecule has 0 atom stereocenters. The first-order valence-electron chi connectivity index (χ1n) is 8.21. The summed E-state index contributed by atoms with van der Waals surface area (Å²) in [7, 11) is 1.56. The number of carboxylic acids is 1. The second-order valence-corrected chi connectivity index (χ2v) is 6.01. The van der Waals surface area contributed by atoms with Crippen LogP contribution in [0.15, 0.2) is 23.8 Å². The van der Waals surface area contributed by atoms with Gasteiger partial charge in [-0.2, -0.15) is 0 Å². The Hall–Kier alpha value is -2.54. The molecule has 3 rings (SSSR count). The van der Waals surface area contributed by atoms with Crippen LogP contribution in [0, 0.1) is 0 Å². The van der Waals surface area contributed by atoms with E-state index in [1.807, 2.05) is 12.1 Å². The Morgan fingerprint density at radius 2 is 2.08 bits per heavy atom. The Bertz CT molecular complexity index is 693. The van der Waals surface area contributed by atoms with Crippen molar-refractivity contribution in [3.8, 4) is 11.5 Å². The van der Waals surface area contributed by atoms with Gasteiger partial charge < -0.3 is 24.2 Å². The van der Waals surface area contributed by atoms with Crippen LogP contribution in [0.25, 0.3) is 6.08 Å². The van der Waals surface area contributed by atoms with E-state index in [9.17, 15) is 14.7 Å². The van der Waals surface area contributed by atoms with Gasteiger partial charge in [0.1, 0.15) is 13.2 Å². The van der Waals surface area contributed by atoms with E-state index in [0.29, 0.717) is 43.1 Å². The first-order valence-corrected chi connectivity index (χ1v) is 8.21. The number of rotatable bonds is 5. The molecule has 2 heterocycles. The van der Waals surface area contributed by atoms with Gasteiger partial charge in [0.2, 0.25) is 0 Å². The summed E-state index contributed by atoms with van der Waals surface area (Å²) in [5.41, 5.74) is 1.18. The second kappa shape index (κ2) is 7.57. The Labute approximate surface area is 145 Å². The average Bonchev–Trinajstić information content (AvgIpc) is 2.65. The average molecular weight is 347 g/mol. The summed E-state index contributed by atoms with van der Waals surface area (Å²) in [5.74, 6) is -0.133.